The van der Waals surface area contributed by atoms with Gasteiger partial charge in [-0.3, -0.25) is 0 Å². The number of hydrogen-bond donors (Lipinski definition) is 1. The van der Waals surface area contributed by atoms with Crippen molar-refractivity contribution in [3.05, 3.63) is 28.2 Å². The molecule has 0 aromatic heterocycles. The third-order valence-corrected chi connectivity index (χ3v) is 3.63. The van der Waals surface area contributed by atoms with Crippen molar-refractivity contribution in [3.8, 4) is 5.75 Å². The van der Waals surface area contributed by atoms with Gasteiger partial charge in [-0.05, 0) is 18.2 Å². The summed E-state index contributed by atoms with van der Waals surface area (Å²) in [6.45, 7) is 0.466. The Balaban J connectivity index is 2.76. The van der Waals surface area contributed by atoms with Crippen molar-refractivity contribution in [2.45, 2.75) is 0 Å². The van der Waals surface area contributed by atoms with Gasteiger partial charge in [-0.2, -0.15) is 8.42 Å². The van der Waals surface area contributed by atoms with Gasteiger partial charge in [0.2, 0.25) is 0 Å². The molecule has 0 aliphatic carbocycles. The summed E-state index contributed by atoms with van der Waals surface area (Å²) in [5, 5.41) is 0.607. The standard InChI is InChI=1S/C10H13Cl2NO3S/c1-13(2)5-6-17(14,15)16-10-4-3-8(11)7-9(10)12/h3-4,7H,5-6H2,1-2H3/p+1. The fourth-order valence-corrected chi connectivity index (χ4v) is 2.70. The lowest BCUT2D eigenvalue weighted by Gasteiger charge is -2.10. The molecule has 0 spiro atoms. The molecule has 0 atom stereocenters. The maximum Gasteiger partial charge on any atom is 0.314 e. The predicted molar refractivity (Wildman–Crippen MR) is 68.6 cm³/mol. The van der Waals surface area contributed by atoms with Crippen molar-refractivity contribution in [1.82, 2.24) is 0 Å². The Morgan fingerprint density at radius 3 is 2.47 bits per heavy atom. The SMILES string of the molecule is C[NH+](C)CCS(=O)(=O)Oc1ccc(Cl)cc1Cl. The number of hydrogen-bond acceptors (Lipinski definition) is 3. The summed E-state index contributed by atoms with van der Waals surface area (Å²) < 4.78 is 28.1. The molecule has 0 aliphatic rings. The highest BCUT2D eigenvalue weighted by Crippen LogP contribution is 2.28. The first-order valence-electron chi connectivity index (χ1n) is 4.96. The molecule has 0 saturated carbocycles. The number of benzene rings is 1. The first-order valence-corrected chi connectivity index (χ1v) is 7.30. The molecule has 7 heteroatoms. The van der Waals surface area contributed by atoms with Crippen LogP contribution in [0.4, 0.5) is 0 Å². The Bertz CT molecular complexity index is 488. The van der Waals surface area contributed by atoms with Crippen molar-refractivity contribution in [3.63, 3.8) is 0 Å². The van der Waals surface area contributed by atoms with Crippen LogP contribution >= 0.6 is 23.2 Å². The van der Waals surface area contributed by atoms with Gasteiger partial charge in [0, 0.05) is 5.02 Å². The molecule has 4 nitrogen and oxygen atoms in total. The minimum Gasteiger partial charge on any atom is -0.381 e. The zero-order chi connectivity index (χ0) is 13.1. The third-order valence-electron chi connectivity index (χ3n) is 1.96. The first-order chi connectivity index (χ1) is 7.80. The highest BCUT2D eigenvalue weighted by atomic mass is 35.5. The van der Waals surface area contributed by atoms with Gasteiger partial charge in [0.05, 0.1) is 25.7 Å². The monoisotopic (exact) mass is 298 g/mol. The van der Waals surface area contributed by atoms with E-state index < -0.39 is 10.1 Å². The molecule has 1 rings (SSSR count). The van der Waals surface area contributed by atoms with Crippen LogP contribution < -0.4 is 9.08 Å². The lowest BCUT2D eigenvalue weighted by Crippen LogP contribution is -3.06. The minimum atomic E-state index is -3.61. The van der Waals surface area contributed by atoms with E-state index >= 15 is 0 Å². The summed E-state index contributed by atoms with van der Waals surface area (Å²) in [4.78, 5) is 1.03. The predicted octanol–water partition coefficient (Wildman–Crippen LogP) is 0.847. The molecule has 0 heterocycles. The Morgan fingerprint density at radius 2 is 1.94 bits per heavy atom. The second-order valence-electron chi connectivity index (χ2n) is 3.88. The van der Waals surface area contributed by atoms with E-state index in [4.69, 9.17) is 27.4 Å². The van der Waals surface area contributed by atoms with Crippen molar-refractivity contribution in [2.75, 3.05) is 26.4 Å². The van der Waals surface area contributed by atoms with E-state index in [1.807, 2.05) is 14.1 Å². The van der Waals surface area contributed by atoms with Crippen molar-refractivity contribution >= 4 is 33.3 Å². The van der Waals surface area contributed by atoms with Crippen molar-refractivity contribution < 1.29 is 17.5 Å². The van der Waals surface area contributed by atoms with Crippen LogP contribution in [0.25, 0.3) is 0 Å². The van der Waals surface area contributed by atoms with Gasteiger partial charge in [-0.1, -0.05) is 23.2 Å². The van der Waals surface area contributed by atoms with Crippen LogP contribution in [0.15, 0.2) is 18.2 Å². The Kier molecular flexibility index (Phi) is 5.06. The zero-order valence-electron chi connectivity index (χ0n) is 9.54. The molecule has 0 unspecified atom stereocenters. The van der Waals surface area contributed by atoms with Gasteiger partial charge in [0.25, 0.3) is 0 Å². The highest BCUT2D eigenvalue weighted by molar-refractivity contribution is 7.87. The normalized spacial score (nSPS) is 11.8. The Hall–Kier alpha value is -0.490. The summed E-state index contributed by atoms with van der Waals surface area (Å²) in [7, 11) is 0.118. The van der Waals surface area contributed by atoms with E-state index in [1.54, 1.807) is 0 Å². The topological polar surface area (TPSA) is 47.8 Å². The number of nitrogens with one attached hydrogen (secondary N) is 1. The number of quaternary nitrogens is 1. The molecule has 0 fully saturated rings. The molecule has 17 heavy (non-hydrogen) atoms. The molecule has 0 bridgehead atoms. The van der Waals surface area contributed by atoms with Crippen LogP contribution in [-0.2, 0) is 10.1 Å². The first kappa shape index (κ1) is 14.6. The fraction of sp³-hybridized carbons (Fsp3) is 0.400. The summed E-state index contributed by atoms with van der Waals surface area (Å²) >= 11 is 11.5. The Morgan fingerprint density at radius 1 is 1.29 bits per heavy atom. The van der Waals surface area contributed by atoms with Gasteiger partial charge in [-0.25, -0.2) is 0 Å². The van der Waals surface area contributed by atoms with Crippen LogP contribution in [-0.4, -0.2) is 34.8 Å². The molecular weight excluding hydrogens is 285 g/mol. The van der Waals surface area contributed by atoms with E-state index in [1.165, 1.54) is 18.2 Å². The summed E-state index contributed by atoms with van der Waals surface area (Å²) in [5.41, 5.74) is 0. The average Bonchev–Trinajstić information content (AvgIpc) is 2.20. The van der Waals surface area contributed by atoms with E-state index in [0.717, 1.165) is 4.90 Å². The number of rotatable bonds is 5. The fourth-order valence-electron chi connectivity index (χ4n) is 1.05. The molecule has 1 aromatic carbocycles. The lowest BCUT2D eigenvalue weighted by molar-refractivity contribution is -0.855. The van der Waals surface area contributed by atoms with Crippen LogP contribution in [0, 0.1) is 0 Å². The van der Waals surface area contributed by atoms with Crippen LogP contribution in [0.5, 0.6) is 5.75 Å². The summed E-state index contributed by atoms with van der Waals surface area (Å²) in [6, 6.07) is 4.39. The maximum atomic E-state index is 11.6. The van der Waals surface area contributed by atoms with Gasteiger partial charge in [0.1, 0.15) is 5.75 Å². The van der Waals surface area contributed by atoms with Crippen molar-refractivity contribution in [2.24, 2.45) is 0 Å². The minimum absolute atomic E-state index is 0.0612. The van der Waals surface area contributed by atoms with Gasteiger partial charge < -0.3 is 9.08 Å². The van der Waals surface area contributed by atoms with E-state index in [-0.39, 0.29) is 16.5 Å². The van der Waals surface area contributed by atoms with E-state index in [2.05, 4.69) is 0 Å². The van der Waals surface area contributed by atoms with Crippen LogP contribution in [0.3, 0.4) is 0 Å². The number of halogens is 2. The molecule has 0 saturated heterocycles. The molecule has 0 aliphatic heterocycles. The van der Waals surface area contributed by atoms with Gasteiger partial charge >= 0.3 is 10.1 Å². The Labute approximate surface area is 111 Å². The third kappa shape index (κ3) is 5.12. The zero-order valence-corrected chi connectivity index (χ0v) is 11.9. The lowest BCUT2D eigenvalue weighted by atomic mass is 10.3. The van der Waals surface area contributed by atoms with E-state index in [0.29, 0.717) is 11.6 Å². The van der Waals surface area contributed by atoms with Gasteiger partial charge in [0.15, 0.2) is 5.75 Å². The summed E-state index contributed by atoms with van der Waals surface area (Å²) in [6.07, 6.45) is 0. The molecule has 96 valence electrons. The quantitative estimate of drug-likeness (QED) is 0.820. The average molecular weight is 299 g/mol. The van der Waals surface area contributed by atoms with Gasteiger partial charge in [-0.15, -0.1) is 0 Å². The smallest absolute Gasteiger partial charge is 0.314 e. The molecular formula is C10H14Cl2NO3S+. The molecule has 1 aromatic rings. The largest absolute Gasteiger partial charge is 0.381 e. The molecule has 0 radical (unpaired) electrons. The van der Waals surface area contributed by atoms with E-state index in [9.17, 15) is 8.42 Å². The molecule has 1 N–H and O–H groups in total. The highest BCUT2D eigenvalue weighted by Gasteiger charge is 2.16. The second-order valence-corrected chi connectivity index (χ2v) is 6.41. The summed E-state index contributed by atoms with van der Waals surface area (Å²) in [5.74, 6) is 0.0405. The molecule has 0 amide bonds. The van der Waals surface area contributed by atoms with Crippen LogP contribution in [0.2, 0.25) is 10.0 Å². The second kappa shape index (κ2) is 5.91. The maximum absolute atomic E-state index is 11.6. The van der Waals surface area contributed by atoms with Crippen LogP contribution in [0.1, 0.15) is 0 Å². The van der Waals surface area contributed by atoms with Crippen molar-refractivity contribution in [1.29, 1.82) is 0 Å².